The molecule has 0 bridgehead atoms. The van der Waals surface area contributed by atoms with E-state index in [-0.39, 0.29) is 23.4 Å². The molecular weight excluding hydrogens is 428 g/mol. The van der Waals surface area contributed by atoms with E-state index >= 15 is 0 Å². The average Bonchev–Trinajstić information content (AvgIpc) is 3.23. The topological polar surface area (TPSA) is 105 Å². The van der Waals surface area contributed by atoms with Crippen molar-refractivity contribution in [1.82, 2.24) is 14.5 Å². The number of aromatic nitrogens is 2. The Morgan fingerprint density at radius 1 is 1.10 bits per heavy atom. The van der Waals surface area contributed by atoms with Crippen molar-refractivity contribution in [1.29, 1.82) is 0 Å². The minimum atomic E-state index is -3.71. The molecule has 0 aliphatic carbocycles. The summed E-state index contributed by atoms with van der Waals surface area (Å²) in [7, 11) is -3.71. The number of nitrogens with zero attached hydrogens (tertiary/aromatic N) is 3. The lowest BCUT2D eigenvalue weighted by molar-refractivity contribution is -0.121. The summed E-state index contributed by atoms with van der Waals surface area (Å²) < 4.78 is 32.6. The summed E-state index contributed by atoms with van der Waals surface area (Å²) in [5, 5.41) is 10.9. The predicted octanol–water partition coefficient (Wildman–Crippen LogP) is 3.43. The molecule has 1 N–H and O–H groups in total. The molecular formula is C20H19ClN4O4S. The summed E-state index contributed by atoms with van der Waals surface area (Å²) in [6.07, 6.45) is 1.14. The Morgan fingerprint density at radius 2 is 1.83 bits per heavy atom. The number of benzene rings is 2. The monoisotopic (exact) mass is 446 g/mol. The quantitative estimate of drug-likeness (QED) is 0.643. The van der Waals surface area contributed by atoms with Gasteiger partial charge in [-0.15, -0.1) is 5.10 Å². The molecule has 1 aromatic heterocycles. The van der Waals surface area contributed by atoms with Crippen LogP contribution in [0.1, 0.15) is 12.8 Å². The van der Waals surface area contributed by atoms with Crippen LogP contribution in [0.4, 0.5) is 6.01 Å². The molecule has 1 amide bonds. The van der Waals surface area contributed by atoms with Gasteiger partial charge in [0.25, 0.3) is 0 Å². The van der Waals surface area contributed by atoms with Gasteiger partial charge in [0.2, 0.25) is 21.8 Å². The van der Waals surface area contributed by atoms with Gasteiger partial charge >= 0.3 is 6.01 Å². The lowest BCUT2D eigenvalue weighted by atomic mass is 9.99. The van der Waals surface area contributed by atoms with Gasteiger partial charge in [0.1, 0.15) is 0 Å². The molecule has 1 aliphatic heterocycles. The molecule has 0 radical (unpaired) electrons. The number of rotatable bonds is 5. The Kier molecular flexibility index (Phi) is 5.85. The number of hydrogen-bond donors (Lipinski definition) is 1. The maximum Gasteiger partial charge on any atom is 0.322 e. The van der Waals surface area contributed by atoms with Gasteiger partial charge in [-0.2, -0.15) is 4.31 Å². The summed E-state index contributed by atoms with van der Waals surface area (Å²) in [6.45, 7) is 0.434. The number of hydrogen-bond acceptors (Lipinski definition) is 6. The Hall–Kier alpha value is -2.75. The van der Waals surface area contributed by atoms with Crippen LogP contribution in [0.25, 0.3) is 11.5 Å². The zero-order valence-corrected chi connectivity index (χ0v) is 17.4. The van der Waals surface area contributed by atoms with E-state index in [9.17, 15) is 13.2 Å². The SMILES string of the molecule is O=C(Nc1nnc(-c2ccccc2)o1)C1CCCN(S(=O)(=O)c2ccc(Cl)cc2)C1. The van der Waals surface area contributed by atoms with Crippen molar-refractivity contribution < 1.29 is 17.6 Å². The number of nitrogens with one attached hydrogen (secondary N) is 1. The number of sulfonamides is 1. The molecule has 4 rings (SSSR count). The molecule has 0 spiro atoms. The van der Waals surface area contributed by atoms with Gasteiger partial charge in [-0.25, -0.2) is 8.42 Å². The van der Waals surface area contributed by atoms with E-state index in [1.807, 2.05) is 30.3 Å². The van der Waals surface area contributed by atoms with Crippen LogP contribution < -0.4 is 5.32 Å². The third-order valence-corrected chi connectivity index (χ3v) is 7.01. The van der Waals surface area contributed by atoms with Crippen molar-refractivity contribution in [2.75, 3.05) is 18.4 Å². The number of piperidine rings is 1. The van der Waals surface area contributed by atoms with Crippen LogP contribution in [0, 0.1) is 5.92 Å². The van der Waals surface area contributed by atoms with Crippen LogP contribution in [-0.2, 0) is 14.8 Å². The second kappa shape index (κ2) is 8.55. The summed E-state index contributed by atoms with van der Waals surface area (Å²) in [5.41, 5.74) is 0.739. The van der Waals surface area contributed by atoms with E-state index in [4.69, 9.17) is 16.0 Å². The number of carbonyl (C=O) groups excluding carboxylic acids is 1. The van der Waals surface area contributed by atoms with Crippen LogP contribution in [-0.4, -0.2) is 41.9 Å². The highest BCUT2D eigenvalue weighted by Gasteiger charge is 2.33. The molecule has 1 aliphatic rings. The first-order valence-electron chi connectivity index (χ1n) is 9.39. The van der Waals surface area contributed by atoms with Crippen LogP contribution >= 0.6 is 11.6 Å². The standard InChI is InChI=1S/C20H19ClN4O4S/c21-16-8-10-17(11-9-16)30(27,28)25-12-4-7-15(13-25)18(26)22-20-24-23-19(29-20)14-5-2-1-3-6-14/h1-3,5-6,8-11,15H,4,7,12-13H2,(H,22,24,26). The first-order chi connectivity index (χ1) is 14.4. The Morgan fingerprint density at radius 3 is 2.57 bits per heavy atom. The molecule has 8 nitrogen and oxygen atoms in total. The van der Waals surface area contributed by atoms with Crippen LogP contribution in [0.5, 0.6) is 0 Å². The second-order valence-corrected chi connectivity index (χ2v) is 9.30. The minimum absolute atomic E-state index is 0.0171. The van der Waals surface area contributed by atoms with E-state index in [2.05, 4.69) is 15.5 Å². The average molecular weight is 447 g/mol. The van der Waals surface area contributed by atoms with Gasteiger partial charge in [0, 0.05) is 23.7 Å². The fourth-order valence-corrected chi connectivity index (χ4v) is 4.96. The summed E-state index contributed by atoms with van der Waals surface area (Å²) in [4.78, 5) is 12.8. The third kappa shape index (κ3) is 4.38. The zero-order chi connectivity index (χ0) is 21.1. The van der Waals surface area contributed by atoms with Gasteiger partial charge in [-0.1, -0.05) is 34.9 Å². The van der Waals surface area contributed by atoms with Gasteiger partial charge in [0.15, 0.2) is 0 Å². The van der Waals surface area contributed by atoms with E-state index in [0.717, 1.165) is 5.56 Å². The summed E-state index contributed by atoms with van der Waals surface area (Å²) in [5.74, 6) is -0.580. The summed E-state index contributed by atoms with van der Waals surface area (Å²) in [6, 6.07) is 15.2. The molecule has 1 fully saturated rings. The highest BCUT2D eigenvalue weighted by molar-refractivity contribution is 7.89. The largest absolute Gasteiger partial charge is 0.403 e. The van der Waals surface area contributed by atoms with Gasteiger partial charge in [-0.05, 0) is 49.2 Å². The maximum absolute atomic E-state index is 12.9. The Balaban J connectivity index is 1.44. The van der Waals surface area contributed by atoms with Crippen molar-refractivity contribution in [3.8, 4) is 11.5 Å². The number of halogens is 1. The van der Waals surface area contributed by atoms with Crippen LogP contribution in [0.15, 0.2) is 63.9 Å². The van der Waals surface area contributed by atoms with Crippen LogP contribution in [0.2, 0.25) is 5.02 Å². The molecule has 10 heteroatoms. The van der Waals surface area contributed by atoms with Crippen molar-refractivity contribution in [2.24, 2.45) is 5.92 Å². The normalized spacial score (nSPS) is 17.6. The predicted molar refractivity (Wildman–Crippen MR) is 111 cm³/mol. The van der Waals surface area contributed by atoms with Gasteiger partial charge in [0.05, 0.1) is 10.8 Å². The molecule has 1 atom stereocenters. The van der Waals surface area contributed by atoms with Crippen molar-refractivity contribution in [2.45, 2.75) is 17.7 Å². The van der Waals surface area contributed by atoms with Gasteiger partial charge < -0.3 is 4.42 Å². The van der Waals surface area contributed by atoms with Crippen LogP contribution in [0.3, 0.4) is 0 Å². The first kappa shape index (κ1) is 20.5. The fourth-order valence-electron chi connectivity index (χ4n) is 3.31. The lowest BCUT2D eigenvalue weighted by Crippen LogP contribution is -2.43. The lowest BCUT2D eigenvalue weighted by Gasteiger charge is -2.30. The molecule has 2 heterocycles. The number of anilines is 1. The Labute approximate surface area is 178 Å². The van der Waals surface area contributed by atoms with Crippen molar-refractivity contribution in [3.05, 3.63) is 59.6 Å². The summed E-state index contributed by atoms with van der Waals surface area (Å²) >= 11 is 5.85. The molecule has 30 heavy (non-hydrogen) atoms. The van der Waals surface area contributed by atoms with E-state index < -0.39 is 15.9 Å². The van der Waals surface area contributed by atoms with E-state index in [1.54, 1.807) is 0 Å². The van der Waals surface area contributed by atoms with Crippen molar-refractivity contribution >= 4 is 33.5 Å². The molecule has 0 saturated carbocycles. The minimum Gasteiger partial charge on any atom is -0.403 e. The van der Waals surface area contributed by atoms with E-state index in [1.165, 1.54) is 28.6 Å². The molecule has 1 unspecified atom stereocenters. The number of amides is 1. The molecule has 1 saturated heterocycles. The second-order valence-electron chi connectivity index (χ2n) is 6.92. The molecule has 2 aromatic carbocycles. The highest BCUT2D eigenvalue weighted by atomic mass is 35.5. The van der Waals surface area contributed by atoms with Gasteiger partial charge in [-0.3, -0.25) is 10.1 Å². The maximum atomic E-state index is 12.9. The van der Waals surface area contributed by atoms with E-state index in [0.29, 0.717) is 30.3 Å². The zero-order valence-electron chi connectivity index (χ0n) is 15.9. The fraction of sp³-hybridized carbons (Fsp3) is 0.250. The smallest absolute Gasteiger partial charge is 0.322 e. The highest BCUT2D eigenvalue weighted by Crippen LogP contribution is 2.26. The third-order valence-electron chi connectivity index (χ3n) is 4.88. The molecule has 156 valence electrons. The first-order valence-corrected chi connectivity index (χ1v) is 11.2. The number of carbonyl (C=O) groups is 1. The Bertz CT molecular complexity index is 1130. The van der Waals surface area contributed by atoms with Crippen molar-refractivity contribution in [3.63, 3.8) is 0 Å². The molecule has 3 aromatic rings.